The average Bonchev–Trinajstić information content (AvgIpc) is 3.19. The maximum Gasteiger partial charge on any atom is 0.289 e. The van der Waals surface area contributed by atoms with Crippen LogP contribution in [0.15, 0.2) is 30.3 Å². The number of carbonyl (C=O) groups is 3. The van der Waals surface area contributed by atoms with Crippen LogP contribution in [0.5, 0.6) is 0 Å². The summed E-state index contributed by atoms with van der Waals surface area (Å²) in [5, 5.41) is 2.83. The van der Waals surface area contributed by atoms with Crippen molar-refractivity contribution in [3.05, 3.63) is 35.9 Å². The van der Waals surface area contributed by atoms with Crippen molar-refractivity contribution in [3.63, 3.8) is 0 Å². The average molecular weight is 314 g/mol. The second-order valence-electron chi connectivity index (χ2n) is 6.38. The molecule has 1 aliphatic heterocycles. The first-order valence-corrected chi connectivity index (χ1v) is 8.33. The van der Waals surface area contributed by atoms with Gasteiger partial charge < -0.3 is 10.2 Å². The molecule has 0 spiro atoms. The Balaban J connectivity index is 1.65. The van der Waals surface area contributed by atoms with Gasteiger partial charge in [0, 0.05) is 19.0 Å². The number of nitrogens with zero attached hydrogens (tertiary/aromatic N) is 1. The van der Waals surface area contributed by atoms with Gasteiger partial charge in [0.05, 0.1) is 0 Å². The van der Waals surface area contributed by atoms with Crippen molar-refractivity contribution in [2.45, 2.75) is 57.2 Å². The van der Waals surface area contributed by atoms with E-state index in [1.807, 2.05) is 30.3 Å². The van der Waals surface area contributed by atoms with Crippen LogP contribution in [0.2, 0.25) is 0 Å². The molecule has 5 heteroatoms. The summed E-state index contributed by atoms with van der Waals surface area (Å²) in [6, 6.07) is 9.05. The van der Waals surface area contributed by atoms with Gasteiger partial charge >= 0.3 is 0 Å². The van der Waals surface area contributed by atoms with E-state index in [-0.39, 0.29) is 11.9 Å². The Morgan fingerprint density at radius 3 is 2.48 bits per heavy atom. The molecular formula is C18H22N2O3. The smallest absolute Gasteiger partial charge is 0.289 e. The van der Waals surface area contributed by atoms with E-state index in [2.05, 4.69) is 5.32 Å². The fraction of sp³-hybridized carbons (Fsp3) is 0.500. The zero-order chi connectivity index (χ0) is 16.2. The Hall–Kier alpha value is -2.17. The zero-order valence-corrected chi connectivity index (χ0v) is 13.2. The lowest BCUT2D eigenvalue weighted by atomic mass is 10.1. The Bertz CT molecular complexity index is 594. The summed E-state index contributed by atoms with van der Waals surface area (Å²) in [7, 11) is 0. The molecule has 5 nitrogen and oxygen atoms in total. The molecule has 1 aliphatic carbocycles. The first kappa shape index (κ1) is 15.7. The number of benzene rings is 1. The summed E-state index contributed by atoms with van der Waals surface area (Å²) >= 11 is 0. The fourth-order valence-electron chi connectivity index (χ4n) is 3.46. The van der Waals surface area contributed by atoms with E-state index < -0.39 is 17.7 Å². The number of amides is 2. The minimum Gasteiger partial charge on any atom is -0.347 e. The van der Waals surface area contributed by atoms with E-state index in [9.17, 15) is 14.4 Å². The summed E-state index contributed by atoms with van der Waals surface area (Å²) < 4.78 is 0. The van der Waals surface area contributed by atoms with E-state index in [1.165, 1.54) is 0 Å². The summed E-state index contributed by atoms with van der Waals surface area (Å²) in [6.07, 6.45) is 4.84. The molecule has 23 heavy (non-hydrogen) atoms. The standard InChI is InChI=1S/C18H22N2O3/c21-16-11-10-15(20(16)12-13-6-2-1-3-7-13)17(22)18(23)19-14-8-4-5-9-14/h1-3,6-7,14-15H,4-5,8-12H2,(H,19,23)/t15-/m1/s1. The molecule has 0 radical (unpaired) electrons. The SMILES string of the molecule is O=C(NC1CCCC1)C(=O)[C@H]1CCC(=O)N1Cc1ccccc1. The predicted molar refractivity (Wildman–Crippen MR) is 85.4 cm³/mol. The fourth-order valence-corrected chi connectivity index (χ4v) is 3.46. The molecule has 1 aromatic carbocycles. The summed E-state index contributed by atoms with van der Waals surface area (Å²) in [4.78, 5) is 38.3. The lowest BCUT2D eigenvalue weighted by Crippen LogP contribution is -2.47. The number of Topliss-reactive ketones (excluding diaryl/α,β-unsaturated/α-hetero) is 1. The lowest BCUT2D eigenvalue weighted by Gasteiger charge is -2.24. The minimum atomic E-state index is -0.621. The van der Waals surface area contributed by atoms with Crippen LogP contribution in [0, 0.1) is 0 Å². The number of nitrogens with one attached hydrogen (secondary N) is 1. The molecule has 3 rings (SSSR count). The number of carbonyl (C=O) groups excluding carboxylic acids is 3. The van der Waals surface area contributed by atoms with Gasteiger partial charge in [0.1, 0.15) is 6.04 Å². The van der Waals surface area contributed by atoms with E-state index >= 15 is 0 Å². The highest BCUT2D eigenvalue weighted by Crippen LogP contribution is 2.23. The van der Waals surface area contributed by atoms with Gasteiger partial charge in [-0.25, -0.2) is 0 Å². The van der Waals surface area contributed by atoms with Crippen LogP contribution in [0.1, 0.15) is 44.1 Å². The van der Waals surface area contributed by atoms with Gasteiger partial charge in [-0.05, 0) is 24.8 Å². The summed E-state index contributed by atoms with van der Waals surface area (Å²) in [5.41, 5.74) is 0.969. The van der Waals surface area contributed by atoms with Crippen molar-refractivity contribution >= 4 is 17.6 Å². The zero-order valence-electron chi connectivity index (χ0n) is 13.2. The number of rotatable bonds is 5. The first-order chi connectivity index (χ1) is 11.1. The number of likely N-dealkylation sites (tertiary alicyclic amines) is 1. The second kappa shape index (κ2) is 6.94. The quantitative estimate of drug-likeness (QED) is 0.843. The van der Waals surface area contributed by atoms with E-state index in [4.69, 9.17) is 0 Å². The molecule has 0 unspecified atom stereocenters. The van der Waals surface area contributed by atoms with Crippen LogP contribution >= 0.6 is 0 Å². The molecule has 1 heterocycles. The Labute approximate surface area is 136 Å². The predicted octanol–water partition coefficient (Wildman–Crippen LogP) is 1.81. The van der Waals surface area contributed by atoms with E-state index in [0.717, 1.165) is 31.2 Å². The number of ketones is 1. The highest BCUT2D eigenvalue weighted by atomic mass is 16.2. The van der Waals surface area contributed by atoms with Crippen LogP contribution in [-0.2, 0) is 20.9 Å². The largest absolute Gasteiger partial charge is 0.347 e. The Morgan fingerprint density at radius 2 is 1.78 bits per heavy atom. The van der Waals surface area contributed by atoms with Crippen molar-refractivity contribution in [1.82, 2.24) is 10.2 Å². The number of hydrogen-bond donors (Lipinski definition) is 1. The first-order valence-electron chi connectivity index (χ1n) is 8.33. The van der Waals surface area contributed by atoms with E-state index in [0.29, 0.717) is 19.4 Å². The molecular weight excluding hydrogens is 292 g/mol. The van der Waals surface area contributed by atoms with Crippen molar-refractivity contribution in [3.8, 4) is 0 Å². The molecule has 1 saturated heterocycles. The van der Waals surface area contributed by atoms with Gasteiger partial charge in [-0.3, -0.25) is 14.4 Å². The molecule has 2 aliphatic rings. The molecule has 122 valence electrons. The maximum absolute atomic E-state index is 12.5. The van der Waals surface area contributed by atoms with Crippen molar-refractivity contribution in [2.75, 3.05) is 0 Å². The molecule has 1 saturated carbocycles. The van der Waals surface area contributed by atoms with Crippen LogP contribution in [-0.4, -0.2) is 34.6 Å². The molecule has 1 atom stereocenters. The van der Waals surface area contributed by atoms with Crippen LogP contribution in [0.25, 0.3) is 0 Å². The van der Waals surface area contributed by atoms with Gasteiger partial charge in [-0.1, -0.05) is 43.2 Å². The maximum atomic E-state index is 12.5. The van der Waals surface area contributed by atoms with Gasteiger partial charge in [-0.2, -0.15) is 0 Å². The van der Waals surface area contributed by atoms with Gasteiger partial charge in [0.15, 0.2) is 0 Å². The second-order valence-corrected chi connectivity index (χ2v) is 6.38. The van der Waals surface area contributed by atoms with Crippen molar-refractivity contribution in [1.29, 1.82) is 0 Å². The lowest BCUT2D eigenvalue weighted by molar-refractivity contribution is -0.143. The molecule has 1 aromatic rings. The monoisotopic (exact) mass is 314 g/mol. The third-order valence-electron chi connectivity index (χ3n) is 4.74. The summed E-state index contributed by atoms with van der Waals surface area (Å²) in [6.45, 7) is 0.382. The molecule has 2 amide bonds. The van der Waals surface area contributed by atoms with Gasteiger partial charge in [0.2, 0.25) is 11.7 Å². The van der Waals surface area contributed by atoms with Crippen LogP contribution < -0.4 is 5.32 Å². The Morgan fingerprint density at radius 1 is 1.09 bits per heavy atom. The van der Waals surface area contributed by atoms with Crippen LogP contribution in [0.3, 0.4) is 0 Å². The third kappa shape index (κ3) is 3.60. The molecule has 1 N–H and O–H groups in total. The highest BCUT2D eigenvalue weighted by Gasteiger charge is 2.39. The minimum absolute atomic E-state index is 0.0548. The topological polar surface area (TPSA) is 66.5 Å². The molecule has 2 fully saturated rings. The highest BCUT2D eigenvalue weighted by molar-refractivity contribution is 6.38. The van der Waals surface area contributed by atoms with Gasteiger partial charge in [-0.15, -0.1) is 0 Å². The van der Waals surface area contributed by atoms with E-state index in [1.54, 1.807) is 4.90 Å². The van der Waals surface area contributed by atoms with Crippen LogP contribution in [0.4, 0.5) is 0 Å². The third-order valence-corrected chi connectivity index (χ3v) is 4.74. The molecule has 0 bridgehead atoms. The molecule has 0 aromatic heterocycles. The van der Waals surface area contributed by atoms with Crippen molar-refractivity contribution in [2.24, 2.45) is 0 Å². The van der Waals surface area contributed by atoms with Gasteiger partial charge in [0.25, 0.3) is 5.91 Å². The Kier molecular flexibility index (Phi) is 4.74. The summed E-state index contributed by atoms with van der Waals surface area (Å²) in [5.74, 6) is -1.06. The number of hydrogen-bond acceptors (Lipinski definition) is 3. The van der Waals surface area contributed by atoms with Crippen molar-refractivity contribution < 1.29 is 14.4 Å². The normalized spacial score (nSPS) is 21.7.